The van der Waals surface area contributed by atoms with Gasteiger partial charge in [0.1, 0.15) is 5.92 Å². The van der Waals surface area contributed by atoms with Gasteiger partial charge in [0.15, 0.2) is 5.78 Å². The minimum Gasteiger partial charge on any atom is -0.293 e. The lowest BCUT2D eigenvalue weighted by molar-refractivity contribution is -0.130. The lowest BCUT2D eigenvalue weighted by atomic mass is 9.94. The van der Waals surface area contributed by atoms with E-state index in [1.165, 1.54) is 5.01 Å². The fraction of sp³-hybridized carbons (Fsp3) is 0.438. The van der Waals surface area contributed by atoms with E-state index in [0.29, 0.717) is 17.8 Å². The van der Waals surface area contributed by atoms with Crippen molar-refractivity contribution < 1.29 is 9.59 Å². The quantitative estimate of drug-likeness (QED) is 0.454. The molecule has 0 saturated carbocycles. The van der Waals surface area contributed by atoms with Crippen LogP contribution < -0.4 is 0 Å². The summed E-state index contributed by atoms with van der Waals surface area (Å²) in [4.78, 5) is 24.7. The van der Waals surface area contributed by atoms with Gasteiger partial charge in [-0.05, 0) is 13.3 Å². The Morgan fingerprint density at radius 1 is 1.25 bits per heavy atom. The van der Waals surface area contributed by atoms with Crippen molar-refractivity contribution in [1.82, 2.24) is 5.01 Å². The topological polar surface area (TPSA) is 49.7 Å². The maximum atomic E-state index is 12.4. The molecule has 4 heteroatoms. The molecule has 0 saturated heterocycles. The van der Waals surface area contributed by atoms with Crippen LogP contribution in [0.4, 0.5) is 0 Å². The number of ketones is 1. The number of unbranched alkanes of at least 4 members (excludes halogenated alkanes) is 2. The molecular weight excluding hydrogens is 252 g/mol. The normalized spacial score (nSPS) is 18.3. The standard InChI is InChI=1S/C16H20N2O2/c1-3-4-8-11-18-16(20)14(12(2)17-18)15(19)13-9-6-5-7-10-13/h5-7,9-10,14H,3-4,8,11H2,1-2H3. The molecule has 1 heterocycles. The first-order chi connectivity index (χ1) is 9.65. The molecule has 1 aromatic carbocycles. The van der Waals surface area contributed by atoms with Gasteiger partial charge in [-0.3, -0.25) is 9.59 Å². The molecule has 1 aliphatic rings. The average Bonchev–Trinajstić information content (AvgIpc) is 2.74. The van der Waals surface area contributed by atoms with E-state index in [9.17, 15) is 9.59 Å². The minimum atomic E-state index is -0.737. The second-order valence-electron chi connectivity index (χ2n) is 5.07. The molecule has 1 amide bonds. The zero-order chi connectivity index (χ0) is 14.5. The Morgan fingerprint density at radius 3 is 2.60 bits per heavy atom. The fourth-order valence-corrected chi connectivity index (χ4v) is 2.37. The van der Waals surface area contributed by atoms with Crippen LogP contribution >= 0.6 is 0 Å². The number of hydrogen-bond acceptors (Lipinski definition) is 3. The summed E-state index contributed by atoms with van der Waals surface area (Å²) in [5, 5.41) is 5.70. The molecule has 0 radical (unpaired) electrons. The number of amides is 1. The highest BCUT2D eigenvalue weighted by atomic mass is 16.2. The van der Waals surface area contributed by atoms with Gasteiger partial charge >= 0.3 is 0 Å². The number of hydrogen-bond donors (Lipinski definition) is 0. The van der Waals surface area contributed by atoms with E-state index in [2.05, 4.69) is 12.0 Å². The van der Waals surface area contributed by atoms with Crippen LogP contribution in [0.25, 0.3) is 0 Å². The molecule has 1 atom stereocenters. The summed E-state index contributed by atoms with van der Waals surface area (Å²) in [7, 11) is 0. The van der Waals surface area contributed by atoms with Crippen LogP contribution in [-0.4, -0.2) is 29.0 Å². The first kappa shape index (κ1) is 14.4. The maximum absolute atomic E-state index is 12.4. The monoisotopic (exact) mass is 272 g/mol. The van der Waals surface area contributed by atoms with Crippen LogP contribution in [0.3, 0.4) is 0 Å². The number of hydrazone groups is 1. The molecule has 1 unspecified atom stereocenters. The lowest BCUT2D eigenvalue weighted by Crippen LogP contribution is -2.33. The zero-order valence-corrected chi connectivity index (χ0v) is 12.0. The molecule has 20 heavy (non-hydrogen) atoms. The van der Waals surface area contributed by atoms with Crippen molar-refractivity contribution >= 4 is 17.4 Å². The summed E-state index contributed by atoms with van der Waals surface area (Å²) in [5.41, 5.74) is 1.16. The van der Waals surface area contributed by atoms with Gasteiger partial charge in [-0.2, -0.15) is 5.10 Å². The summed E-state index contributed by atoms with van der Waals surface area (Å²) >= 11 is 0. The molecule has 0 bridgehead atoms. The molecule has 0 aromatic heterocycles. The SMILES string of the molecule is CCCCCN1N=C(C)C(C(=O)c2ccccc2)C1=O. The van der Waals surface area contributed by atoms with Crippen LogP contribution in [0, 0.1) is 5.92 Å². The van der Waals surface area contributed by atoms with Crippen molar-refractivity contribution in [2.75, 3.05) is 6.54 Å². The van der Waals surface area contributed by atoms with Gasteiger partial charge in [0.25, 0.3) is 5.91 Å². The first-order valence-corrected chi connectivity index (χ1v) is 7.11. The van der Waals surface area contributed by atoms with E-state index >= 15 is 0 Å². The third-order valence-electron chi connectivity index (χ3n) is 3.49. The van der Waals surface area contributed by atoms with Gasteiger partial charge in [0.05, 0.1) is 5.71 Å². The van der Waals surface area contributed by atoms with Gasteiger partial charge < -0.3 is 0 Å². The highest BCUT2D eigenvalue weighted by Crippen LogP contribution is 2.21. The molecule has 2 rings (SSSR count). The Hall–Kier alpha value is -1.97. The highest BCUT2D eigenvalue weighted by Gasteiger charge is 2.38. The number of carbonyl (C=O) groups is 2. The van der Waals surface area contributed by atoms with Crippen molar-refractivity contribution in [3.63, 3.8) is 0 Å². The number of Topliss-reactive ketones (excluding diaryl/α,β-unsaturated/α-hetero) is 1. The summed E-state index contributed by atoms with van der Waals surface area (Å²) in [6, 6.07) is 8.94. The Labute approximate surface area is 119 Å². The first-order valence-electron chi connectivity index (χ1n) is 7.11. The molecule has 1 aliphatic heterocycles. The largest absolute Gasteiger partial charge is 0.293 e. The van der Waals surface area contributed by atoms with Crippen molar-refractivity contribution in [2.24, 2.45) is 11.0 Å². The van der Waals surface area contributed by atoms with E-state index in [1.807, 2.05) is 6.07 Å². The smallest absolute Gasteiger partial charge is 0.259 e. The fourth-order valence-electron chi connectivity index (χ4n) is 2.37. The molecule has 106 valence electrons. The third kappa shape index (κ3) is 2.95. The second-order valence-corrected chi connectivity index (χ2v) is 5.07. The van der Waals surface area contributed by atoms with Crippen molar-refractivity contribution in [3.8, 4) is 0 Å². The van der Waals surface area contributed by atoms with Gasteiger partial charge in [-0.15, -0.1) is 0 Å². The van der Waals surface area contributed by atoms with E-state index in [0.717, 1.165) is 19.3 Å². The van der Waals surface area contributed by atoms with Crippen molar-refractivity contribution in [3.05, 3.63) is 35.9 Å². The Morgan fingerprint density at radius 2 is 1.95 bits per heavy atom. The predicted octanol–water partition coefficient (Wildman–Crippen LogP) is 2.89. The summed E-state index contributed by atoms with van der Waals surface area (Å²) in [5.74, 6) is -1.08. The second kappa shape index (κ2) is 6.46. The van der Waals surface area contributed by atoms with Gasteiger partial charge in [0, 0.05) is 12.1 Å². The lowest BCUT2D eigenvalue weighted by Gasteiger charge is -2.13. The van der Waals surface area contributed by atoms with E-state index in [1.54, 1.807) is 31.2 Å². The minimum absolute atomic E-state index is 0.158. The van der Waals surface area contributed by atoms with Crippen LogP contribution in [0.2, 0.25) is 0 Å². The molecule has 4 nitrogen and oxygen atoms in total. The molecule has 0 N–H and O–H groups in total. The number of nitrogens with zero attached hydrogens (tertiary/aromatic N) is 2. The van der Waals surface area contributed by atoms with Crippen LogP contribution in [0.1, 0.15) is 43.5 Å². The molecule has 1 aromatic rings. The third-order valence-corrected chi connectivity index (χ3v) is 3.49. The van der Waals surface area contributed by atoms with Gasteiger partial charge in [0.2, 0.25) is 0 Å². The average molecular weight is 272 g/mol. The van der Waals surface area contributed by atoms with E-state index in [4.69, 9.17) is 0 Å². The van der Waals surface area contributed by atoms with Crippen molar-refractivity contribution in [2.45, 2.75) is 33.1 Å². The van der Waals surface area contributed by atoms with Crippen LogP contribution in [0.15, 0.2) is 35.4 Å². The number of carbonyl (C=O) groups excluding carboxylic acids is 2. The Kier molecular flexibility index (Phi) is 4.66. The highest BCUT2D eigenvalue weighted by molar-refractivity contribution is 6.26. The van der Waals surface area contributed by atoms with Crippen LogP contribution in [-0.2, 0) is 4.79 Å². The van der Waals surface area contributed by atoms with Gasteiger partial charge in [-0.1, -0.05) is 50.1 Å². The summed E-state index contributed by atoms with van der Waals surface area (Å²) < 4.78 is 0. The zero-order valence-electron chi connectivity index (χ0n) is 12.0. The summed E-state index contributed by atoms with van der Waals surface area (Å²) in [6.45, 7) is 4.47. The molecule has 0 fully saturated rings. The number of benzene rings is 1. The number of rotatable bonds is 6. The summed E-state index contributed by atoms with van der Waals surface area (Å²) in [6.07, 6.45) is 3.08. The molecule has 0 spiro atoms. The molecular formula is C16H20N2O2. The van der Waals surface area contributed by atoms with Crippen molar-refractivity contribution in [1.29, 1.82) is 0 Å². The van der Waals surface area contributed by atoms with E-state index < -0.39 is 5.92 Å². The predicted molar refractivity (Wildman–Crippen MR) is 78.6 cm³/mol. The Bertz CT molecular complexity index is 523. The van der Waals surface area contributed by atoms with E-state index in [-0.39, 0.29) is 11.7 Å². The van der Waals surface area contributed by atoms with Crippen LogP contribution in [0.5, 0.6) is 0 Å². The van der Waals surface area contributed by atoms with Gasteiger partial charge in [-0.25, -0.2) is 5.01 Å². The molecule has 0 aliphatic carbocycles. The Balaban J connectivity index is 2.09. The maximum Gasteiger partial charge on any atom is 0.259 e.